The van der Waals surface area contributed by atoms with Crippen molar-refractivity contribution in [3.63, 3.8) is 0 Å². The first-order chi connectivity index (χ1) is 8.08. The van der Waals surface area contributed by atoms with Crippen LogP contribution >= 0.6 is 15.9 Å². The van der Waals surface area contributed by atoms with Crippen molar-refractivity contribution in [2.24, 2.45) is 7.05 Å². The number of hydrogen-bond donors (Lipinski definition) is 1. The van der Waals surface area contributed by atoms with Crippen LogP contribution in [0.4, 0.5) is 5.69 Å². The first-order valence-corrected chi connectivity index (χ1v) is 6.21. The highest BCUT2D eigenvalue weighted by Crippen LogP contribution is 2.25. The Bertz CT molecular complexity index is 510. The highest BCUT2D eigenvalue weighted by molar-refractivity contribution is 9.10. The van der Waals surface area contributed by atoms with Gasteiger partial charge in [0.15, 0.2) is 0 Å². The molecule has 0 saturated heterocycles. The van der Waals surface area contributed by atoms with Crippen molar-refractivity contribution in [3.05, 3.63) is 39.6 Å². The second-order valence-electron chi connectivity index (χ2n) is 4.12. The molecule has 0 saturated carbocycles. The molecule has 0 aliphatic heterocycles. The van der Waals surface area contributed by atoms with E-state index in [0.717, 1.165) is 16.7 Å². The molecule has 0 radical (unpaired) electrons. The molecular formula is C12H15BrN4. The van der Waals surface area contributed by atoms with Gasteiger partial charge in [-0.15, -0.1) is 5.10 Å². The van der Waals surface area contributed by atoms with Gasteiger partial charge in [0.05, 0.1) is 18.4 Å². The van der Waals surface area contributed by atoms with Crippen molar-refractivity contribution in [2.45, 2.75) is 20.4 Å². The summed E-state index contributed by atoms with van der Waals surface area (Å²) >= 11 is 3.50. The number of anilines is 1. The quantitative estimate of drug-likeness (QED) is 0.947. The molecule has 1 aromatic carbocycles. The minimum atomic E-state index is 0.729. The molecule has 0 aliphatic rings. The van der Waals surface area contributed by atoms with Crippen LogP contribution in [-0.2, 0) is 13.6 Å². The highest BCUT2D eigenvalue weighted by Gasteiger charge is 2.05. The normalized spacial score (nSPS) is 10.6. The van der Waals surface area contributed by atoms with Gasteiger partial charge in [0.1, 0.15) is 0 Å². The zero-order valence-electron chi connectivity index (χ0n) is 10.2. The van der Waals surface area contributed by atoms with Gasteiger partial charge in [0, 0.05) is 17.2 Å². The molecule has 1 aromatic heterocycles. The second-order valence-corrected chi connectivity index (χ2v) is 5.03. The number of aryl methyl sites for hydroxylation is 3. The van der Waals surface area contributed by atoms with Crippen LogP contribution in [0.1, 0.15) is 16.8 Å². The van der Waals surface area contributed by atoms with E-state index in [0.29, 0.717) is 0 Å². The third-order valence-corrected chi connectivity index (χ3v) is 3.21. The monoisotopic (exact) mass is 294 g/mol. The maximum Gasteiger partial charge on any atom is 0.0774 e. The molecular weight excluding hydrogens is 280 g/mol. The summed E-state index contributed by atoms with van der Waals surface area (Å²) in [5.74, 6) is 0. The van der Waals surface area contributed by atoms with E-state index in [-0.39, 0.29) is 0 Å². The minimum absolute atomic E-state index is 0.729. The molecule has 5 heteroatoms. The predicted octanol–water partition coefficient (Wildman–Crippen LogP) is 2.81. The van der Waals surface area contributed by atoms with Crippen molar-refractivity contribution >= 4 is 21.6 Å². The lowest BCUT2D eigenvalue weighted by Crippen LogP contribution is -2.07. The number of hydrogen-bond acceptors (Lipinski definition) is 3. The van der Waals surface area contributed by atoms with E-state index in [4.69, 9.17) is 0 Å². The Hall–Kier alpha value is -1.36. The molecule has 0 amide bonds. The minimum Gasteiger partial charge on any atom is -0.379 e. The van der Waals surface area contributed by atoms with Crippen molar-refractivity contribution < 1.29 is 0 Å². The van der Waals surface area contributed by atoms with Crippen LogP contribution in [-0.4, -0.2) is 15.0 Å². The van der Waals surface area contributed by atoms with Gasteiger partial charge in [0.2, 0.25) is 0 Å². The number of aromatic nitrogens is 3. The van der Waals surface area contributed by atoms with E-state index in [1.54, 1.807) is 10.9 Å². The molecule has 0 spiro atoms. The van der Waals surface area contributed by atoms with Crippen LogP contribution < -0.4 is 5.32 Å². The maximum absolute atomic E-state index is 3.91. The zero-order chi connectivity index (χ0) is 12.4. The van der Waals surface area contributed by atoms with Gasteiger partial charge in [-0.1, -0.05) is 21.1 Å². The predicted molar refractivity (Wildman–Crippen MR) is 71.9 cm³/mol. The first-order valence-electron chi connectivity index (χ1n) is 5.42. The second kappa shape index (κ2) is 4.87. The van der Waals surface area contributed by atoms with Gasteiger partial charge in [0.25, 0.3) is 0 Å². The van der Waals surface area contributed by atoms with E-state index in [2.05, 4.69) is 57.5 Å². The summed E-state index contributed by atoms with van der Waals surface area (Å²) in [5, 5.41) is 11.2. The fourth-order valence-corrected chi connectivity index (χ4v) is 2.53. The van der Waals surface area contributed by atoms with E-state index < -0.39 is 0 Å². The summed E-state index contributed by atoms with van der Waals surface area (Å²) < 4.78 is 2.89. The van der Waals surface area contributed by atoms with Crippen LogP contribution in [0.5, 0.6) is 0 Å². The molecule has 1 N–H and O–H groups in total. The molecule has 0 bridgehead atoms. The number of rotatable bonds is 3. The van der Waals surface area contributed by atoms with Gasteiger partial charge in [-0.25, -0.2) is 0 Å². The van der Waals surface area contributed by atoms with Crippen molar-refractivity contribution in [3.8, 4) is 0 Å². The Morgan fingerprint density at radius 1 is 1.29 bits per heavy atom. The van der Waals surface area contributed by atoms with E-state index >= 15 is 0 Å². The highest BCUT2D eigenvalue weighted by atomic mass is 79.9. The van der Waals surface area contributed by atoms with Crippen LogP contribution in [0, 0.1) is 13.8 Å². The molecule has 0 atom stereocenters. The van der Waals surface area contributed by atoms with E-state index in [9.17, 15) is 0 Å². The fraction of sp³-hybridized carbons (Fsp3) is 0.333. The summed E-state index contributed by atoms with van der Waals surface area (Å²) in [6.07, 6.45) is 1.77. The summed E-state index contributed by atoms with van der Waals surface area (Å²) in [6, 6.07) is 4.22. The Kier molecular flexibility index (Phi) is 3.47. The third kappa shape index (κ3) is 2.66. The number of benzene rings is 1. The standard InChI is InChI=1S/C12H15BrN4/c1-8-4-10(13)5-9(2)12(8)14-6-11-7-15-16-17(11)3/h4-5,7,14H,6H2,1-3H3. The van der Waals surface area contributed by atoms with Crippen LogP contribution in [0.15, 0.2) is 22.8 Å². The summed E-state index contributed by atoms with van der Waals surface area (Å²) in [5.41, 5.74) is 4.69. The molecule has 17 heavy (non-hydrogen) atoms. The largest absolute Gasteiger partial charge is 0.379 e. The number of nitrogens with zero attached hydrogens (tertiary/aromatic N) is 3. The Balaban J connectivity index is 2.17. The van der Waals surface area contributed by atoms with Crippen molar-refractivity contribution in [1.82, 2.24) is 15.0 Å². The van der Waals surface area contributed by atoms with Crippen LogP contribution in [0.2, 0.25) is 0 Å². The maximum atomic E-state index is 3.91. The lowest BCUT2D eigenvalue weighted by Gasteiger charge is -2.13. The van der Waals surface area contributed by atoms with Gasteiger partial charge in [-0.05, 0) is 37.1 Å². The zero-order valence-corrected chi connectivity index (χ0v) is 11.7. The van der Waals surface area contributed by atoms with Gasteiger partial charge in [-0.3, -0.25) is 4.68 Å². The third-order valence-electron chi connectivity index (χ3n) is 2.75. The lowest BCUT2D eigenvalue weighted by atomic mass is 10.1. The number of halogens is 1. The first kappa shape index (κ1) is 12.1. The van der Waals surface area contributed by atoms with Gasteiger partial charge < -0.3 is 5.32 Å². The number of nitrogens with one attached hydrogen (secondary N) is 1. The van der Waals surface area contributed by atoms with Crippen LogP contribution in [0.3, 0.4) is 0 Å². The molecule has 1 heterocycles. The van der Waals surface area contributed by atoms with E-state index in [1.165, 1.54) is 16.8 Å². The smallest absolute Gasteiger partial charge is 0.0774 e. The fourth-order valence-electron chi connectivity index (χ4n) is 1.84. The molecule has 0 fully saturated rings. The summed E-state index contributed by atoms with van der Waals surface area (Å²) in [6.45, 7) is 4.93. The van der Waals surface area contributed by atoms with Gasteiger partial charge in [-0.2, -0.15) is 0 Å². The molecule has 2 aromatic rings. The summed E-state index contributed by atoms with van der Waals surface area (Å²) in [7, 11) is 1.89. The van der Waals surface area contributed by atoms with Crippen molar-refractivity contribution in [1.29, 1.82) is 0 Å². The molecule has 4 nitrogen and oxygen atoms in total. The molecule has 90 valence electrons. The van der Waals surface area contributed by atoms with E-state index in [1.807, 2.05) is 7.05 Å². The summed E-state index contributed by atoms with van der Waals surface area (Å²) in [4.78, 5) is 0. The Morgan fingerprint density at radius 2 is 1.94 bits per heavy atom. The SMILES string of the molecule is Cc1cc(Br)cc(C)c1NCc1cnnn1C. The molecule has 0 unspecified atom stereocenters. The Morgan fingerprint density at radius 3 is 2.47 bits per heavy atom. The van der Waals surface area contributed by atoms with Gasteiger partial charge >= 0.3 is 0 Å². The lowest BCUT2D eigenvalue weighted by molar-refractivity contribution is 0.683. The van der Waals surface area contributed by atoms with Crippen LogP contribution in [0.25, 0.3) is 0 Å². The average Bonchev–Trinajstić information content (AvgIpc) is 2.62. The molecule has 2 rings (SSSR count). The average molecular weight is 295 g/mol. The molecule has 0 aliphatic carbocycles. The topological polar surface area (TPSA) is 42.7 Å². The Labute approximate surface area is 109 Å². The van der Waals surface area contributed by atoms with Crippen molar-refractivity contribution in [2.75, 3.05) is 5.32 Å².